The Morgan fingerprint density at radius 1 is 0.846 bits per heavy atom. The summed E-state index contributed by atoms with van der Waals surface area (Å²) in [5, 5.41) is 15.4. The van der Waals surface area contributed by atoms with E-state index in [0.717, 1.165) is 47.7 Å². The van der Waals surface area contributed by atoms with Crippen molar-refractivity contribution in [2.75, 3.05) is 43.7 Å². The number of nitrogen functional groups attached to an aromatic ring is 1. The lowest BCUT2D eigenvalue weighted by molar-refractivity contribution is -0.253. The number of rotatable bonds is 14. The molecule has 274 valence electrons. The monoisotopic (exact) mass is 708 g/mol. The Morgan fingerprint density at radius 2 is 1.56 bits per heavy atom. The van der Waals surface area contributed by atoms with Gasteiger partial charge in [0.05, 0.1) is 44.4 Å². The highest BCUT2D eigenvalue weighted by atomic mass is 16.7. The molecule has 1 fully saturated rings. The maximum Gasteiger partial charge on any atom is 0.224 e. The third-order valence-electron chi connectivity index (χ3n) is 9.61. The van der Waals surface area contributed by atoms with Gasteiger partial charge in [0.25, 0.3) is 0 Å². The zero-order valence-corrected chi connectivity index (χ0v) is 29.8. The van der Waals surface area contributed by atoms with Gasteiger partial charge in [0.2, 0.25) is 11.8 Å². The first-order valence-electron chi connectivity index (χ1n) is 17.8. The van der Waals surface area contributed by atoms with Crippen LogP contribution in [-0.4, -0.2) is 55.2 Å². The number of fused-ring (bicyclic) bond motifs is 1. The van der Waals surface area contributed by atoms with E-state index in [9.17, 15) is 14.7 Å². The molecule has 5 N–H and O–H groups in total. The average Bonchev–Trinajstić information content (AvgIpc) is 3.17. The van der Waals surface area contributed by atoms with Gasteiger partial charge in [-0.15, -0.1) is 0 Å². The molecule has 2 aliphatic rings. The van der Waals surface area contributed by atoms with Gasteiger partial charge in [0.15, 0.2) is 17.8 Å². The molecule has 4 aromatic rings. The summed E-state index contributed by atoms with van der Waals surface area (Å²) in [6.07, 6.45) is 2.27. The highest BCUT2D eigenvalue weighted by molar-refractivity contribution is 5.94. The van der Waals surface area contributed by atoms with Crippen LogP contribution < -0.4 is 25.8 Å². The van der Waals surface area contributed by atoms with Crippen LogP contribution in [-0.2, 0) is 38.6 Å². The molecule has 0 saturated carbocycles. The van der Waals surface area contributed by atoms with Gasteiger partial charge in [-0.2, -0.15) is 0 Å². The molecule has 11 nitrogen and oxygen atoms in total. The van der Waals surface area contributed by atoms with Gasteiger partial charge >= 0.3 is 0 Å². The molecular formula is C41H48N4O7. The lowest BCUT2D eigenvalue weighted by Crippen LogP contribution is -2.41. The summed E-state index contributed by atoms with van der Waals surface area (Å²) in [4.78, 5) is 27.6. The Kier molecular flexibility index (Phi) is 12.4. The first-order chi connectivity index (χ1) is 25.3. The fourth-order valence-electron chi connectivity index (χ4n) is 6.80. The van der Waals surface area contributed by atoms with Crippen molar-refractivity contribution in [3.05, 3.63) is 113 Å². The number of nitrogens with one attached hydrogen (secondary N) is 2. The van der Waals surface area contributed by atoms with E-state index < -0.39 is 6.29 Å². The summed E-state index contributed by atoms with van der Waals surface area (Å²) in [5.74, 6) is 1.20. The first-order valence-corrected chi connectivity index (χ1v) is 17.8. The van der Waals surface area contributed by atoms with Crippen molar-refractivity contribution in [2.45, 2.75) is 70.2 Å². The van der Waals surface area contributed by atoms with Crippen molar-refractivity contribution in [3.63, 3.8) is 0 Å². The number of unbranched alkanes of at least 4 members (excludes halogenated alkanes) is 1. The lowest BCUT2D eigenvalue weighted by atomic mass is 9.97. The predicted octanol–water partition coefficient (Wildman–Crippen LogP) is 6.52. The van der Waals surface area contributed by atoms with Gasteiger partial charge in [-0.1, -0.05) is 48.5 Å². The molecule has 0 unspecified atom stereocenters. The topological polar surface area (TPSA) is 145 Å². The summed E-state index contributed by atoms with van der Waals surface area (Å²) in [7, 11) is 3.31. The minimum absolute atomic E-state index is 0.0229. The quantitative estimate of drug-likeness (QED) is 0.0850. The Hall–Kier alpha value is -4.94. The molecule has 0 bridgehead atoms. The largest absolute Gasteiger partial charge is 0.493 e. The van der Waals surface area contributed by atoms with Gasteiger partial charge in [0.1, 0.15) is 0 Å². The van der Waals surface area contributed by atoms with E-state index in [1.54, 1.807) is 26.4 Å². The number of nitrogens with two attached hydrogens (primary N) is 1. The van der Waals surface area contributed by atoms with E-state index in [-0.39, 0.29) is 37.0 Å². The van der Waals surface area contributed by atoms with Crippen LogP contribution in [0.4, 0.5) is 17.1 Å². The minimum Gasteiger partial charge on any atom is -0.493 e. The summed E-state index contributed by atoms with van der Waals surface area (Å²) in [6.45, 7) is 2.35. The number of carbonyl (C=O) groups is 2. The standard InChI is InChI=1S/C41H48N4O7/c1-49-37-21-29-18-19-45(24-31(29)22-38(37)50-2)25-33-23-36(28-16-14-27(26-46)15-17-28)52-41(51-33)30-8-7-9-32(20-30)43-39(47)12-5-6-13-40(48)44-35-11-4-3-10-34(35)42/h3-4,7-11,14-17,20-22,33,36,41,46H,5-6,12-13,18-19,23-26,42H2,1-2H3,(H,43,47)(H,44,48)/t33-,36+,41+/m0/s1. The molecule has 52 heavy (non-hydrogen) atoms. The molecule has 6 rings (SSSR count). The number of para-hydroxylation sites is 2. The number of nitrogens with zero attached hydrogens (tertiary/aromatic N) is 1. The van der Waals surface area contributed by atoms with Gasteiger partial charge in [-0.3, -0.25) is 14.5 Å². The molecule has 0 aromatic heterocycles. The lowest BCUT2D eigenvalue weighted by Gasteiger charge is -2.39. The number of methoxy groups -OCH3 is 2. The smallest absolute Gasteiger partial charge is 0.224 e. The van der Waals surface area contributed by atoms with Crippen molar-refractivity contribution in [1.29, 1.82) is 0 Å². The average molecular weight is 709 g/mol. The zero-order chi connectivity index (χ0) is 36.5. The van der Waals surface area contributed by atoms with Gasteiger partial charge in [-0.05, 0) is 77.9 Å². The number of aliphatic hydroxyl groups is 1. The highest BCUT2D eigenvalue weighted by Gasteiger charge is 2.34. The van der Waals surface area contributed by atoms with Crippen LogP contribution in [0, 0.1) is 0 Å². The third kappa shape index (κ3) is 9.48. The van der Waals surface area contributed by atoms with Gasteiger partial charge < -0.3 is 40.4 Å². The van der Waals surface area contributed by atoms with Crippen molar-refractivity contribution < 1.29 is 33.6 Å². The maximum atomic E-state index is 12.9. The van der Waals surface area contributed by atoms with E-state index in [4.69, 9.17) is 24.7 Å². The van der Waals surface area contributed by atoms with Crippen LogP contribution in [0.2, 0.25) is 0 Å². The van der Waals surface area contributed by atoms with Crippen molar-refractivity contribution in [2.24, 2.45) is 0 Å². The molecule has 0 spiro atoms. The number of anilines is 3. The number of amides is 2. The minimum atomic E-state index is -0.656. The van der Waals surface area contributed by atoms with Crippen molar-refractivity contribution in [1.82, 2.24) is 4.90 Å². The number of hydrogen-bond acceptors (Lipinski definition) is 9. The Morgan fingerprint density at radius 3 is 2.27 bits per heavy atom. The van der Waals surface area contributed by atoms with Crippen LogP contribution in [0.15, 0.2) is 84.9 Å². The van der Waals surface area contributed by atoms with Crippen LogP contribution >= 0.6 is 0 Å². The summed E-state index contributed by atoms with van der Waals surface area (Å²) in [6, 6.07) is 26.7. The number of carbonyl (C=O) groups excluding carboxylic acids is 2. The van der Waals surface area contributed by atoms with Crippen LogP contribution in [0.5, 0.6) is 11.5 Å². The first kappa shape index (κ1) is 36.8. The second kappa shape index (κ2) is 17.5. The number of ether oxygens (including phenoxy) is 4. The molecule has 4 aromatic carbocycles. The number of hydrogen-bond donors (Lipinski definition) is 4. The molecular weight excluding hydrogens is 660 g/mol. The van der Waals surface area contributed by atoms with E-state index in [1.165, 1.54) is 11.1 Å². The third-order valence-corrected chi connectivity index (χ3v) is 9.61. The molecule has 0 aliphatic carbocycles. The van der Waals surface area contributed by atoms with Gasteiger partial charge in [-0.25, -0.2) is 0 Å². The van der Waals surface area contributed by atoms with Crippen molar-refractivity contribution >= 4 is 28.9 Å². The molecule has 11 heteroatoms. The fraction of sp³-hybridized carbons (Fsp3) is 0.366. The fourth-order valence-corrected chi connectivity index (χ4v) is 6.80. The normalized spacial score (nSPS) is 18.6. The van der Waals surface area contributed by atoms with Crippen molar-refractivity contribution in [3.8, 4) is 11.5 Å². The molecule has 0 radical (unpaired) electrons. The number of aliphatic hydroxyl groups excluding tert-OH is 1. The predicted molar refractivity (Wildman–Crippen MR) is 200 cm³/mol. The zero-order valence-electron chi connectivity index (χ0n) is 29.8. The van der Waals surface area contributed by atoms with Crippen LogP contribution in [0.25, 0.3) is 0 Å². The molecule has 2 heterocycles. The summed E-state index contributed by atoms with van der Waals surface area (Å²) >= 11 is 0. The Bertz CT molecular complexity index is 1830. The van der Waals surface area contributed by atoms with Crippen LogP contribution in [0.1, 0.15) is 72.3 Å². The maximum absolute atomic E-state index is 12.9. The number of benzene rings is 4. The molecule has 2 aliphatic heterocycles. The van der Waals surface area contributed by atoms with E-state index >= 15 is 0 Å². The van der Waals surface area contributed by atoms with Crippen LogP contribution in [0.3, 0.4) is 0 Å². The SMILES string of the molecule is COc1cc2c(cc1OC)CN(C[C@@H]1C[C@H](c3ccc(CO)cc3)O[C@H](c3cccc(NC(=O)CCCCC(=O)Nc4ccccc4N)c3)O1)CC2. The molecule has 2 amide bonds. The Balaban J connectivity index is 1.08. The second-order valence-corrected chi connectivity index (χ2v) is 13.3. The Labute approximate surface area is 305 Å². The van der Waals surface area contributed by atoms with E-state index in [1.807, 2.05) is 60.7 Å². The van der Waals surface area contributed by atoms with E-state index in [2.05, 4.69) is 27.7 Å². The van der Waals surface area contributed by atoms with Gasteiger partial charge in [0, 0.05) is 50.1 Å². The second-order valence-electron chi connectivity index (χ2n) is 13.3. The summed E-state index contributed by atoms with van der Waals surface area (Å²) < 4.78 is 24.3. The molecule has 3 atom stereocenters. The molecule has 1 saturated heterocycles. The highest BCUT2D eigenvalue weighted by Crippen LogP contribution is 2.40. The summed E-state index contributed by atoms with van der Waals surface area (Å²) in [5.41, 5.74) is 12.8. The van der Waals surface area contributed by atoms with E-state index in [0.29, 0.717) is 49.3 Å².